The molecule has 9 nitrogen and oxygen atoms in total. The molecule has 0 saturated carbocycles. The minimum atomic E-state index is -4.59. The number of benzene rings is 4. The largest absolute Gasteiger partial charge is 0.488 e. The smallest absolute Gasteiger partial charge is 0.416 e. The average molecular weight is 669 g/mol. The molecule has 46 heavy (non-hydrogen) atoms. The van der Waals surface area contributed by atoms with E-state index in [0.717, 1.165) is 23.8 Å². The van der Waals surface area contributed by atoms with Crippen molar-refractivity contribution < 1.29 is 44.9 Å². The van der Waals surface area contributed by atoms with Crippen LogP contribution < -0.4 is 19.6 Å². The third-order valence-corrected chi connectivity index (χ3v) is 8.56. The Bertz CT molecular complexity index is 1960. The molecule has 0 aliphatic carbocycles. The second-order valence-corrected chi connectivity index (χ2v) is 12.5. The minimum Gasteiger partial charge on any atom is -0.488 e. The fraction of sp³-hybridized carbons (Fsp3) is 0.0938. The van der Waals surface area contributed by atoms with Crippen LogP contribution in [0.3, 0.4) is 0 Å². The van der Waals surface area contributed by atoms with Crippen molar-refractivity contribution in [2.75, 3.05) is 5.32 Å². The summed E-state index contributed by atoms with van der Waals surface area (Å²) < 4.78 is 76.1. The number of hydrogen-bond acceptors (Lipinski definition) is 8. The summed E-state index contributed by atoms with van der Waals surface area (Å²) in [4.78, 5) is 36.4. The first-order valence-electron chi connectivity index (χ1n) is 13.4. The zero-order valence-corrected chi connectivity index (χ0v) is 25.4. The molecule has 5 rings (SSSR count). The highest BCUT2D eigenvalue weighted by atomic mass is 32.2. The summed E-state index contributed by atoms with van der Waals surface area (Å²) in [5.41, 5.74) is 1.05. The van der Waals surface area contributed by atoms with E-state index in [2.05, 4.69) is 10.6 Å². The number of aryl methyl sites for hydroxylation is 1. The van der Waals surface area contributed by atoms with Gasteiger partial charge in [0.25, 0.3) is 17.1 Å². The van der Waals surface area contributed by atoms with Crippen LogP contribution in [0, 0.1) is 6.92 Å². The maximum absolute atomic E-state index is 13.0. The first-order chi connectivity index (χ1) is 21.8. The number of thioether (sulfide) groups is 1. The van der Waals surface area contributed by atoms with Gasteiger partial charge in [0.1, 0.15) is 23.0 Å². The molecule has 14 heteroatoms. The molecule has 1 aliphatic rings. The number of imide groups is 1. The quantitative estimate of drug-likeness (QED) is 0.145. The molecule has 0 spiro atoms. The van der Waals surface area contributed by atoms with Gasteiger partial charge in [-0.15, -0.1) is 0 Å². The predicted octanol–water partition coefficient (Wildman–Crippen LogP) is 6.94. The van der Waals surface area contributed by atoms with E-state index in [-0.39, 0.29) is 33.5 Å². The van der Waals surface area contributed by atoms with Crippen LogP contribution in [0.25, 0.3) is 6.08 Å². The van der Waals surface area contributed by atoms with Crippen LogP contribution in [-0.2, 0) is 27.7 Å². The van der Waals surface area contributed by atoms with Crippen molar-refractivity contribution in [1.29, 1.82) is 0 Å². The molecule has 0 radical (unpaired) electrons. The van der Waals surface area contributed by atoms with Crippen LogP contribution in [0.15, 0.2) is 101 Å². The van der Waals surface area contributed by atoms with Gasteiger partial charge in [0.2, 0.25) is 0 Å². The van der Waals surface area contributed by atoms with Gasteiger partial charge in [-0.3, -0.25) is 19.7 Å². The summed E-state index contributed by atoms with van der Waals surface area (Å²) in [5.74, 6) is -1.24. The van der Waals surface area contributed by atoms with E-state index in [0.29, 0.717) is 28.6 Å². The molecule has 1 fully saturated rings. The number of anilines is 1. The van der Waals surface area contributed by atoms with Gasteiger partial charge in [-0.1, -0.05) is 35.9 Å². The highest BCUT2D eigenvalue weighted by Gasteiger charge is 2.31. The van der Waals surface area contributed by atoms with Crippen LogP contribution in [0.5, 0.6) is 11.5 Å². The fourth-order valence-electron chi connectivity index (χ4n) is 4.14. The lowest BCUT2D eigenvalue weighted by molar-refractivity contribution is -0.137. The number of carbonyl (C=O) groups is 3. The monoisotopic (exact) mass is 668 g/mol. The third kappa shape index (κ3) is 7.95. The number of hydrogen-bond donors (Lipinski definition) is 2. The van der Waals surface area contributed by atoms with Crippen LogP contribution >= 0.6 is 11.8 Å². The molecule has 1 saturated heterocycles. The second kappa shape index (κ2) is 13.1. The number of amides is 3. The highest BCUT2D eigenvalue weighted by Crippen LogP contribution is 2.33. The maximum Gasteiger partial charge on any atom is 0.416 e. The molecule has 0 aromatic heterocycles. The van der Waals surface area contributed by atoms with E-state index in [4.69, 9.17) is 8.92 Å². The van der Waals surface area contributed by atoms with E-state index in [1.807, 2.05) is 6.92 Å². The molecule has 1 heterocycles. The van der Waals surface area contributed by atoms with Crippen molar-refractivity contribution in [3.63, 3.8) is 0 Å². The SMILES string of the molecule is Cc1ccc(S(=O)(=O)Oc2ccc(/C=C3\SC(=O)NC3=O)c(OCc3ccc(NC(=O)c4cccc(C(F)(F)F)c4)cc3)c2)cc1. The van der Waals surface area contributed by atoms with Gasteiger partial charge in [0.05, 0.1) is 10.5 Å². The predicted molar refractivity (Wildman–Crippen MR) is 165 cm³/mol. The fourth-order valence-corrected chi connectivity index (χ4v) is 5.73. The highest BCUT2D eigenvalue weighted by molar-refractivity contribution is 8.18. The van der Waals surface area contributed by atoms with Gasteiger partial charge in [-0.2, -0.15) is 21.6 Å². The van der Waals surface area contributed by atoms with E-state index in [1.165, 1.54) is 54.6 Å². The number of carbonyl (C=O) groups excluding carboxylic acids is 3. The first kappa shape index (κ1) is 32.3. The Balaban J connectivity index is 1.33. The molecule has 2 N–H and O–H groups in total. The van der Waals surface area contributed by atoms with Crippen LogP contribution in [0.4, 0.5) is 23.7 Å². The van der Waals surface area contributed by atoms with Crippen molar-refractivity contribution in [1.82, 2.24) is 5.32 Å². The molecule has 236 valence electrons. The molecule has 3 amide bonds. The summed E-state index contributed by atoms with van der Waals surface area (Å²) in [7, 11) is -4.18. The number of nitrogens with one attached hydrogen (secondary N) is 2. The average Bonchev–Trinajstić information content (AvgIpc) is 3.33. The van der Waals surface area contributed by atoms with E-state index in [1.54, 1.807) is 24.3 Å². The van der Waals surface area contributed by atoms with Crippen LogP contribution in [0.2, 0.25) is 0 Å². The van der Waals surface area contributed by atoms with Gasteiger partial charge in [0, 0.05) is 22.9 Å². The van der Waals surface area contributed by atoms with Gasteiger partial charge in [0.15, 0.2) is 0 Å². The van der Waals surface area contributed by atoms with Crippen molar-refractivity contribution in [3.05, 3.63) is 124 Å². The van der Waals surface area contributed by atoms with E-state index >= 15 is 0 Å². The van der Waals surface area contributed by atoms with E-state index < -0.39 is 38.9 Å². The summed E-state index contributed by atoms with van der Waals surface area (Å²) in [6.07, 6.45) is -3.17. The van der Waals surface area contributed by atoms with Crippen LogP contribution in [-0.4, -0.2) is 25.5 Å². The lowest BCUT2D eigenvalue weighted by Gasteiger charge is -2.13. The molecule has 0 bridgehead atoms. The zero-order chi connectivity index (χ0) is 33.1. The van der Waals surface area contributed by atoms with Gasteiger partial charge in [-0.05, 0) is 84.9 Å². The van der Waals surface area contributed by atoms with Crippen LogP contribution in [0.1, 0.15) is 32.6 Å². The standard InChI is InChI=1S/C32H23F3N2O7S2/c1-19-5-13-26(14-6-19)46(41,42)44-25-12-9-21(16-28-30(39)37-31(40)45-28)27(17-25)43-18-20-7-10-24(11-8-20)36-29(38)22-3-2-4-23(15-22)32(33,34)35/h2-17H,18H2,1H3,(H,36,38)(H,37,39,40)/b28-16-. The number of ether oxygens (including phenoxy) is 1. The topological polar surface area (TPSA) is 128 Å². The summed E-state index contributed by atoms with van der Waals surface area (Å²) in [6.45, 7) is 1.76. The lowest BCUT2D eigenvalue weighted by Crippen LogP contribution is -2.17. The number of halogens is 3. The molecular weight excluding hydrogens is 645 g/mol. The maximum atomic E-state index is 13.0. The normalized spacial score (nSPS) is 14.2. The Morgan fingerprint density at radius 3 is 2.33 bits per heavy atom. The summed E-state index contributed by atoms with van der Waals surface area (Å²) >= 11 is 0.700. The molecule has 0 atom stereocenters. The third-order valence-electron chi connectivity index (χ3n) is 6.49. The lowest BCUT2D eigenvalue weighted by atomic mass is 10.1. The van der Waals surface area contributed by atoms with Gasteiger partial charge >= 0.3 is 16.3 Å². The van der Waals surface area contributed by atoms with Gasteiger partial charge in [-0.25, -0.2) is 0 Å². The zero-order valence-electron chi connectivity index (χ0n) is 23.8. The Morgan fingerprint density at radius 1 is 0.957 bits per heavy atom. The molecule has 0 unspecified atom stereocenters. The molecular formula is C32H23F3N2O7S2. The molecule has 4 aromatic carbocycles. The second-order valence-electron chi connectivity index (χ2n) is 9.92. The first-order valence-corrected chi connectivity index (χ1v) is 15.6. The van der Waals surface area contributed by atoms with Crippen molar-refractivity contribution in [3.8, 4) is 11.5 Å². The Hall–Kier alpha value is -5.08. The van der Waals surface area contributed by atoms with Gasteiger partial charge < -0.3 is 14.2 Å². The Morgan fingerprint density at radius 2 is 1.67 bits per heavy atom. The van der Waals surface area contributed by atoms with Crippen molar-refractivity contribution in [2.45, 2.75) is 24.6 Å². The molecule has 1 aliphatic heterocycles. The van der Waals surface area contributed by atoms with Crippen molar-refractivity contribution in [2.24, 2.45) is 0 Å². The summed E-state index contributed by atoms with van der Waals surface area (Å²) in [6, 6.07) is 20.6. The van der Waals surface area contributed by atoms with E-state index in [9.17, 15) is 36.0 Å². The molecule has 4 aromatic rings. The van der Waals surface area contributed by atoms with Crippen molar-refractivity contribution >= 4 is 50.7 Å². The Kier molecular flexibility index (Phi) is 9.21. The minimum absolute atomic E-state index is 0.0511. The number of alkyl halides is 3. The number of rotatable bonds is 9. The summed E-state index contributed by atoms with van der Waals surface area (Å²) in [5, 5.41) is 4.17. The Labute approximate surface area is 265 Å².